The molecule has 0 aliphatic rings. The molecule has 3 N–H and O–H groups in total. The van der Waals surface area contributed by atoms with Crippen LogP contribution in [0.1, 0.15) is 77.2 Å². The molecule has 0 fully saturated rings. The predicted octanol–water partition coefficient (Wildman–Crippen LogP) is 4.56. The molecule has 1 amide bonds. The van der Waals surface area contributed by atoms with Crippen molar-refractivity contribution in [1.29, 1.82) is 0 Å². The Labute approximate surface area is 158 Å². The van der Waals surface area contributed by atoms with Crippen molar-refractivity contribution in [3.63, 3.8) is 0 Å². The third-order valence-electron chi connectivity index (χ3n) is 3.88. The first-order chi connectivity index (χ1) is 12.3. The van der Waals surface area contributed by atoms with E-state index in [2.05, 4.69) is 24.1 Å². The Morgan fingerprint density at radius 3 is 2.35 bits per heavy atom. The van der Waals surface area contributed by atoms with Crippen LogP contribution in [0.15, 0.2) is 12.1 Å². The van der Waals surface area contributed by atoms with Gasteiger partial charge in [-0.1, -0.05) is 39.5 Å². The molecule has 0 aliphatic carbocycles. The van der Waals surface area contributed by atoms with Gasteiger partial charge in [0, 0.05) is 24.1 Å². The van der Waals surface area contributed by atoms with Crippen molar-refractivity contribution in [2.75, 3.05) is 18.2 Å². The van der Waals surface area contributed by atoms with Crippen LogP contribution in [0, 0.1) is 17.3 Å². The van der Waals surface area contributed by atoms with Crippen molar-refractivity contribution in [2.45, 2.75) is 61.3 Å². The molecule has 0 saturated heterocycles. The number of nitrogens with zero attached hydrogens (tertiary/aromatic N) is 1. The van der Waals surface area contributed by atoms with Gasteiger partial charge in [-0.2, -0.15) is 0 Å². The largest absolute Gasteiger partial charge is 0.505 e. The van der Waals surface area contributed by atoms with Crippen LogP contribution in [0.4, 0.5) is 5.69 Å². The van der Waals surface area contributed by atoms with Gasteiger partial charge in [0.15, 0.2) is 5.75 Å². The third kappa shape index (κ3) is 6.97. The van der Waals surface area contributed by atoms with Gasteiger partial charge in [-0.15, -0.1) is 0 Å². The smallest absolute Gasteiger partial charge is 0.255 e. The van der Waals surface area contributed by atoms with E-state index in [1.54, 1.807) is 19.1 Å². The van der Waals surface area contributed by atoms with Gasteiger partial charge in [-0.3, -0.25) is 15.1 Å². The first-order valence-corrected chi connectivity index (χ1v) is 9.40. The molecular weight excluding hydrogens is 328 g/mol. The number of carbonyl (C=O) groups excluding carboxylic acids is 1. The highest BCUT2D eigenvalue weighted by atomic mass is 16.5. The number of aromatic hydroxyl groups is 1. The second kappa shape index (κ2) is 11.4. The van der Waals surface area contributed by atoms with Crippen LogP contribution in [0.5, 0.6) is 5.75 Å². The Bertz CT molecular complexity index is 643. The van der Waals surface area contributed by atoms with Crippen molar-refractivity contribution in [1.82, 2.24) is 5.32 Å². The number of anilines is 1. The van der Waals surface area contributed by atoms with E-state index < -0.39 is 0 Å². The lowest BCUT2D eigenvalue weighted by molar-refractivity contribution is 0.0951. The number of rotatable bonds is 6. The normalized spacial score (nSPS) is 10.2. The van der Waals surface area contributed by atoms with Gasteiger partial charge in [0.1, 0.15) is 5.69 Å². The minimum atomic E-state index is -0.376. The summed E-state index contributed by atoms with van der Waals surface area (Å²) < 4.78 is 0. The first-order valence-electron chi connectivity index (χ1n) is 9.40. The highest BCUT2D eigenvalue weighted by Gasteiger charge is 2.19. The number of nitrogens with one attached hydrogen (secondary N) is 1. The number of phenols is 1. The van der Waals surface area contributed by atoms with Crippen LogP contribution in [-0.2, 0) is 0 Å². The van der Waals surface area contributed by atoms with Gasteiger partial charge in [0.2, 0.25) is 0 Å². The van der Waals surface area contributed by atoms with Gasteiger partial charge >= 0.3 is 0 Å². The summed E-state index contributed by atoms with van der Waals surface area (Å²) in [5, 5.41) is 24.0. The molecule has 1 aromatic rings. The molecule has 1 aromatic carbocycles. The average molecular weight is 363 g/mol. The van der Waals surface area contributed by atoms with Crippen LogP contribution in [0.2, 0.25) is 0 Å². The zero-order valence-corrected chi connectivity index (χ0v) is 17.2. The highest BCUT2D eigenvalue weighted by Crippen LogP contribution is 2.32. The number of hydrogen-bond donors (Lipinski definition) is 3. The van der Waals surface area contributed by atoms with E-state index in [1.807, 2.05) is 34.6 Å². The molecule has 0 bridgehead atoms. The van der Waals surface area contributed by atoms with Gasteiger partial charge in [-0.05, 0) is 45.7 Å². The van der Waals surface area contributed by atoms with Crippen LogP contribution >= 0.6 is 0 Å². The van der Waals surface area contributed by atoms with E-state index in [9.17, 15) is 15.1 Å². The minimum Gasteiger partial charge on any atom is -0.505 e. The number of hydroxylamine groups is 1. The zero-order valence-electron chi connectivity index (χ0n) is 17.2. The lowest BCUT2D eigenvalue weighted by atomic mass is 9.91. The second-order valence-electron chi connectivity index (χ2n) is 6.35. The number of phenolic OH excluding ortho intramolecular Hbond substituents is 1. The molecule has 0 radical (unpaired) electrons. The van der Waals surface area contributed by atoms with Crippen LogP contribution in [0.25, 0.3) is 0 Å². The lowest BCUT2D eigenvalue weighted by Crippen LogP contribution is -2.25. The molecule has 26 heavy (non-hydrogen) atoms. The average Bonchev–Trinajstić information content (AvgIpc) is 2.66. The fourth-order valence-electron chi connectivity index (χ4n) is 1.90. The molecule has 0 aromatic heterocycles. The zero-order chi connectivity index (χ0) is 20.3. The summed E-state index contributed by atoms with van der Waals surface area (Å²) in [7, 11) is 0. The molecule has 0 saturated carbocycles. The highest BCUT2D eigenvalue weighted by molar-refractivity contribution is 5.99. The fraction of sp³-hybridized carbons (Fsp3) is 0.571. The van der Waals surface area contributed by atoms with Gasteiger partial charge in [-0.25, -0.2) is 0 Å². The molecule has 0 spiro atoms. The van der Waals surface area contributed by atoms with Crippen molar-refractivity contribution >= 4 is 11.6 Å². The Morgan fingerprint density at radius 2 is 1.85 bits per heavy atom. The molecule has 0 unspecified atom stereocenters. The monoisotopic (exact) mass is 362 g/mol. The summed E-state index contributed by atoms with van der Waals surface area (Å²) in [5.41, 5.74) is 0.734. The van der Waals surface area contributed by atoms with E-state index in [0.717, 1.165) is 17.9 Å². The van der Waals surface area contributed by atoms with Crippen LogP contribution < -0.4 is 10.4 Å². The van der Waals surface area contributed by atoms with Crippen molar-refractivity contribution in [3.05, 3.63) is 23.3 Å². The summed E-state index contributed by atoms with van der Waals surface area (Å²) in [6.45, 7) is 14.6. The maximum Gasteiger partial charge on any atom is 0.255 e. The standard InChI is InChI=1S/C19H28N2O3.C2H6/c1-6-11-20-18(23)15-12-14(9-10-19(4,5)7-2)13-16(17(15)22)21(24)8-3;1-2/h12-13,22,24H,6-8,11H2,1-5H3,(H,20,23);1-2H3. The quantitative estimate of drug-likeness (QED) is 0.512. The summed E-state index contributed by atoms with van der Waals surface area (Å²) in [4.78, 5) is 12.3. The summed E-state index contributed by atoms with van der Waals surface area (Å²) >= 11 is 0. The van der Waals surface area contributed by atoms with Crippen LogP contribution in [-0.4, -0.2) is 29.3 Å². The SMILES string of the molecule is CC.CCCNC(=O)c1cc(C#CC(C)(C)CC)cc(N(O)CC)c1O. The minimum absolute atomic E-state index is 0.118. The molecule has 0 heterocycles. The number of hydrogen-bond acceptors (Lipinski definition) is 4. The van der Waals surface area contributed by atoms with Crippen molar-refractivity contribution in [2.24, 2.45) is 5.41 Å². The molecular formula is C21H34N2O3. The molecule has 1 rings (SSSR count). The Morgan fingerprint density at radius 1 is 1.23 bits per heavy atom. The summed E-state index contributed by atoms with van der Waals surface area (Å²) in [6, 6.07) is 3.15. The first kappa shape index (κ1) is 23.8. The van der Waals surface area contributed by atoms with Crippen molar-refractivity contribution in [3.8, 4) is 17.6 Å². The third-order valence-corrected chi connectivity index (χ3v) is 3.88. The van der Waals surface area contributed by atoms with Crippen LogP contribution in [0.3, 0.4) is 0 Å². The summed E-state index contributed by atoms with van der Waals surface area (Å²) in [6.07, 6.45) is 1.69. The molecule has 0 aliphatic heterocycles. The van der Waals surface area contributed by atoms with E-state index in [4.69, 9.17) is 0 Å². The van der Waals surface area contributed by atoms with Gasteiger partial charge in [0.05, 0.1) is 5.56 Å². The van der Waals surface area contributed by atoms with E-state index in [0.29, 0.717) is 12.1 Å². The molecule has 0 atom stereocenters. The van der Waals surface area contributed by atoms with E-state index in [-0.39, 0.29) is 34.9 Å². The van der Waals surface area contributed by atoms with Crippen molar-refractivity contribution < 1.29 is 15.1 Å². The predicted molar refractivity (Wildman–Crippen MR) is 108 cm³/mol. The Kier molecular flexibility index (Phi) is 10.5. The maximum atomic E-state index is 12.3. The lowest BCUT2D eigenvalue weighted by Gasteiger charge is -2.18. The number of amides is 1. The number of benzene rings is 1. The Hall–Kier alpha value is -2.19. The van der Waals surface area contributed by atoms with Gasteiger partial charge < -0.3 is 10.4 Å². The second-order valence-corrected chi connectivity index (χ2v) is 6.35. The number of carbonyl (C=O) groups is 1. The van der Waals surface area contributed by atoms with E-state index in [1.165, 1.54) is 0 Å². The topological polar surface area (TPSA) is 72.8 Å². The fourth-order valence-corrected chi connectivity index (χ4v) is 1.90. The maximum absolute atomic E-state index is 12.3. The molecule has 5 nitrogen and oxygen atoms in total. The molecule has 5 heteroatoms. The van der Waals surface area contributed by atoms with E-state index >= 15 is 0 Å². The van der Waals surface area contributed by atoms with Gasteiger partial charge in [0.25, 0.3) is 5.91 Å². The Balaban J connectivity index is 0.00000301. The molecule has 146 valence electrons. The summed E-state index contributed by atoms with van der Waals surface area (Å²) in [5.74, 6) is 5.61.